The lowest BCUT2D eigenvalue weighted by Crippen LogP contribution is -2.58. The van der Waals surface area contributed by atoms with Crippen LogP contribution in [-0.2, 0) is 16.0 Å². The van der Waals surface area contributed by atoms with Crippen molar-refractivity contribution in [3.05, 3.63) is 12.2 Å². The van der Waals surface area contributed by atoms with Crippen LogP contribution in [0.1, 0.15) is 19.2 Å². The molecule has 0 aliphatic carbocycles. The lowest BCUT2D eigenvalue weighted by Gasteiger charge is -2.34. The number of piperazine rings is 1. The molecule has 2 heterocycles. The predicted molar refractivity (Wildman–Crippen MR) is 56.8 cm³/mol. The Morgan fingerprint density at radius 1 is 1.59 bits per heavy atom. The molecule has 2 rings (SSSR count). The summed E-state index contributed by atoms with van der Waals surface area (Å²) in [7, 11) is 0. The largest absolute Gasteiger partial charge is 0.345 e. The maximum atomic E-state index is 11.7. The molecule has 1 fully saturated rings. The second kappa shape index (κ2) is 4.94. The van der Waals surface area contributed by atoms with Gasteiger partial charge in [-0.05, 0) is 6.42 Å². The molecule has 92 valence electrons. The van der Waals surface area contributed by atoms with Crippen LogP contribution in [0, 0.1) is 0 Å². The third-order valence-electron chi connectivity index (χ3n) is 2.77. The molecule has 1 atom stereocenters. The smallest absolute Gasteiger partial charge is 0.243 e. The fraction of sp³-hybridized carbons (Fsp3) is 0.600. The van der Waals surface area contributed by atoms with Crippen LogP contribution < -0.4 is 5.32 Å². The number of rotatable bonds is 4. The highest BCUT2D eigenvalue weighted by molar-refractivity contribution is 5.94. The Morgan fingerprint density at radius 2 is 2.41 bits per heavy atom. The molecule has 0 aromatic carbocycles. The first-order valence-electron chi connectivity index (χ1n) is 5.55. The third-order valence-corrected chi connectivity index (χ3v) is 2.77. The first-order chi connectivity index (χ1) is 8.22. The summed E-state index contributed by atoms with van der Waals surface area (Å²) >= 11 is 0. The normalized spacial score (nSPS) is 20.5. The molecular formula is C10H14N4O3. The number of amides is 2. The van der Waals surface area contributed by atoms with Gasteiger partial charge in [0.1, 0.15) is 6.04 Å². The van der Waals surface area contributed by atoms with E-state index >= 15 is 0 Å². The fourth-order valence-corrected chi connectivity index (χ4v) is 1.91. The molecular weight excluding hydrogens is 224 g/mol. The van der Waals surface area contributed by atoms with Gasteiger partial charge in [0.15, 0.2) is 6.33 Å². The Bertz CT molecular complexity index is 404. The van der Waals surface area contributed by atoms with Crippen LogP contribution in [0.15, 0.2) is 10.9 Å². The van der Waals surface area contributed by atoms with Crippen molar-refractivity contribution in [3.8, 4) is 0 Å². The molecule has 17 heavy (non-hydrogen) atoms. The Morgan fingerprint density at radius 3 is 3.06 bits per heavy atom. The molecule has 7 heteroatoms. The number of nitrogens with zero attached hydrogens (tertiary/aromatic N) is 3. The van der Waals surface area contributed by atoms with Crippen LogP contribution in [0.25, 0.3) is 0 Å². The Kier molecular flexibility index (Phi) is 3.36. The van der Waals surface area contributed by atoms with Crippen molar-refractivity contribution in [1.29, 1.82) is 0 Å². The zero-order valence-corrected chi connectivity index (χ0v) is 9.55. The van der Waals surface area contributed by atoms with Gasteiger partial charge in [0.05, 0.1) is 6.54 Å². The van der Waals surface area contributed by atoms with E-state index in [9.17, 15) is 9.59 Å². The van der Waals surface area contributed by atoms with E-state index in [-0.39, 0.29) is 24.4 Å². The summed E-state index contributed by atoms with van der Waals surface area (Å²) in [6.45, 7) is 2.37. The van der Waals surface area contributed by atoms with Crippen molar-refractivity contribution in [2.45, 2.75) is 25.8 Å². The van der Waals surface area contributed by atoms with Crippen LogP contribution in [-0.4, -0.2) is 46.0 Å². The van der Waals surface area contributed by atoms with Gasteiger partial charge in [-0.3, -0.25) is 9.59 Å². The average molecular weight is 238 g/mol. The molecule has 1 aromatic heterocycles. The minimum Gasteiger partial charge on any atom is -0.345 e. The van der Waals surface area contributed by atoms with E-state index in [0.29, 0.717) is 25.3 Å². The van der Waals surface area contributed by atoms with Gasteiger partial charge in [0, 0.05) is 13.0 Å². The molecule has 1 saturated heterocycles. The van der Waals surface area contributed by atoms with Crippen molar-refractivity contribution in [3.63, 3.8) is 0 Å². The van der Waals surface area contributed by atoms with Crippen LogP contribution in [0.5, 0.6) is 0 Å². The monoisotopic (exact) mass is 238 g/mol. The number of nitrogens with one attached hydrogen (secondary N) is 1. The second-order valence-electron chi connectivity index (χ2n) is 3.81. The molecule has 1 N–H and O–H groups in total. The van der Waals surface area contributed by atoms with Gasteiger partial charge in [-0.2, -0.15) is 4.98 Å². The van der Waals surface area contributed by atoms with E-state index in [0.717, 1.165) is 0 Å². The minimum atomic E-state index is -0.390. The van der Waals surface area contributed by atoms with Crippen LogP contribution >= 0.6 is 0 Å². The molecule has 1 aliphatic rings. The molecule has 1 aliphatic heterocycles. The second-order valence-corrected chi connectivity index (χ2v) is 3.81. The van der Waals surface area contributed by atoms with E-state index in [2.05, 4.69) is 15.5 Å². The standard InChI is InChI=1S/C10H14N4O3/c1-2-7-10(16)11-5-9(15)14(7)4-3-8-12-6-13-17-8/h6-7H,2-5H2,1H3,(H,11,16). The van der Waals surface area contributed by atoms with Crippen LogP contribution in [0.3, 0.4) is 0 Å². The zero-order valence-electron chi connectivity index (χ0n) is 9.55. The fourth-order valence-electron chi connectivity index (χ4n) is 1.91. The Balaban J connectivity index is 2.00. The van der Waals surface area contributed by atoms with Gasteiger partial charge in [0.25, 0.3) is 0 Å². The van der Waals surface area contributed by atoms with Crippen molar-refractivity contribution in [2.24, 2.45) is 0 Å². The summed E-state index contributed by atoms with van der Waals surface area (Å²) in [6.07, 6.45) is 2.38. The van der Waals surface area contributed by atoms with Gasteiger partial charge in [-0.15, -0.1) is 0 Å². The molecule has 0 saturated carbocycles. The van der Waals surface area contributed by atoms with E-state index < -0.39 is 0 Å². The van der Waals surface area contributed by atoms with E-state index in [1.807, 2.05) is 6.92 Å². The lowest BCUT2D eigenvalue weighted by molar-refractivity contribution is -0.145. The Hall–Kier alpha value is -1.92. The molecule has 1 aromatic rings. The Labute approximate surface area is 98.2 Å². The van der Waals surface area contributed by atoms with Crippen molar-refractivity contribution in [2.75, 3.05) is 13.1 Å². The topological polar surface area (TPSA) is 88.3 Å². The van der Waals surface area contributed by atoms with Crippen molar-refractivity contribution in [1.82, 2.24) is 20.4 Å². The number of aromatic nitrogens is 2. The molecule has 1 unspecified atom stereocenters. The third kappa shape index (κ3) is 2.43. The summed E-state index contributed by atoms with van der Waals surface area (Å²) in [4.78, 5) is 28.8. The van der Waals surface area contributed by atoms with Gasteiger partial charge >= 0.3 is 0 Å². The quantitative estimate of drug-likeness (QED) is 0.753. The first kappa shape index (κ1) is 11.6. The van der Waals surface area contributed by atoms with E-state index in [1.54, 1.807) is 4.90 Å². The SMILES string of the molecule is CCC1C(=O)NCC(=O)N1CCc1ncno1. The summed E-state index contributed by atoms with van der Waals surface area (Å²) in [5.41, 5.74) is 0. The number of carbonyl (C=O) groups excluding carboxylic acids is 2. The van der Waals surface area contributed by atoms with Crippen molar-refractivity contribution < 1.29 is 14.1 Å². The summed E-state index contributed by atoms with van der Waals surface area (Å²) in [6, 6.07) is -0.390. The first-order valence-corrected chi connectivity index (χ1v) is 5.55. The highest BCUT2D eigenvalue weighted by Crippen LogP contribution is 2.10. The molecule has 0 radical (unpaired) electrons. The van der Waals surface area contributed by atoms with Crippen molar-refractivity contribution >= 4 is 11.8 Å². The number of hydrogen-bond donors (Lipinski definition) is 1. The summed E-state index contributed by atoms with van der Waals surface area (Å²) in [5, 5.41) is 6.06. The minimum absolute atomic E-state index is 0.0686. The average Bonchev–Trinajstić information content (AvgIpc) is 2.83. The maximum absolute atomic E-state index is 11.7. The lowest BCUT2D eigenvalue weighted by atomic mass is 10.1. The highest BCUT2D eigenvalue weighted by Gasteiger charge is 2.32. The molecule has 2 amide bonds. The van der Waals surface area contributed by atoms with Gasteiger partial charge in [0.2, 0.25) is 17.7 Å². The van der Waals surface area contributed by atoms with Gasteiger partial charge in [-0.1, -0.05) is 12.1 Å². The highest BCUT2D eigenvalue weighted by atomic mass is 16.5. The summed E-state index contributed by atoms with van der Waals surface area (Å²) in [5.74, 6) is 0.298. The molecule has 0 bridgehead atoms. The van der Waals surface area contributed by atoms with E-state index in [1.165, 1.54) is 6.33 Å². The molecule has 0 spiro atoms. The molecule has 7 nitrogen and oxygen atoms in total. The summed E-state index contributed by atoms with van der Waals surface area (Å²) < 4.78 is 4.86. The van der Waals surface area contributed by atoms with Gasteiger partial charge < -0.3 is 14.7 Å². The predicted octanol–water partition coefficient (Wildman–Crippen LogP) is -0.651. The zero-order chi connectivity index (χ0) is 12.3. The number of hydrogen-bond acceptors (Lipinski definition) is 5. The number of carbonyl (C=O) groups is 2. The van der Waals surface area contributed by atoms with Gasteiger partial charge in [-0.25, -0.2) is 0 Å². The van der Waals surface area contributed by atoms with Crippen LogP contribution in [0.4, 0.5) is 0 Å². The van der Waals surface area contributed by atoms with E-state index in [4.69, 9.17) is 4.52 Å². The van der Waals surface area contributed by atoms with Crippen LogP contribution in [0.2, 0.25) is 0 Å². The maximum Gasteiger partial charge on any atom is 0.243 e.